The number of hydrogen-bond donors (Lipinski definition) is 1. The van der Waals surface area contributed by atoms with Gasteiger partial charge in [0.1, 0.15) is 6.29 Å². The fourth-order valence-corrected chi connectivity index (χ4v) is 2.48. The summed E-state index contributed by atoms with van der Waals surface area (Å²) in [5.74, 6) is -0.0798. The van der Waals surface area contributed by atoms with Gasteiger partial charge < -0.3 is 19.7 Å². The third-order valence-corrected chi connectivity index (χ3v) is 3.60. The zero-order chi connectivity index (χ0) is 17.2. The Morgan fingerprint density at radius 2 is 1.96 bits per heavy atom. The van der Waals surface area contributed by atoms with Crippen LogP contribution in [0.2, 0.25) is 0 Å². The lowest BCUT2D eigenvalue weighted by Crippen LogP contribution is -2.44. The zero-order valence-electron chi connectivity index (χ0n) is 14.4. The SMILES string of the molecule is C=C(/C=C\C(=C/C)NC(=O)CCCC=O)N1CC(C)OC(C)C1. The summed E-state index contributed by atoms with van der Waals surface area (Å²) >= 11 is 0. The van der Waals surface area contributed by atoms with Crippen molar-refractivity contribution in [2.24, 2.45) is 0 Å². The summed E-state index contributed by atoms with van der Waals surface area (Å²) in [6, 6.07) is 0. The van der Waals surface area contributed by atoms with Crippen LogP contribution in [0.4, 0.5) is 0 Å². The predicted molar refractivity (Wildman–Crippen MR) is 91.7 cm³/mol. The highest BCUT2D eigenvalue weighted by Crippen LogP contribution is 2.15. The number of hydrogen-bond acceptors (Lipinski definition) is 4. The fourth-order valence-electron chi connectivity index (χ4n) is 2.48. The molecule has 1 aliphatic heterocycles. The van der Waals surface area contributed by atoms with Crippen molar-refractivity contribution in [2.75, 3.05) is 13.1 Å². The molecule has 0 bridgehead atoms. The van der Waals surface area contributed by atoms with Crippen LogP contribution in [0, 0.1) is 0 Å². The number of carbonyl (C=O) groups excluding carboxylic acids is 2. The average Bonchev–Trinajstić information content (AvgIpc) is 2.50. The Morgan fingerprint density at radius 1 is 1.30 bits per heavy atom. The number of carbonyl (C=O) groups is 2. The second-order valence-corrected chi connectivity index (χ2v) is 5.84. The fraction of sp³-hybridized carbons (Fsp3) is 0.556. The smallest absolute Gasteiger partial charge is 0.224 e. The van der Waals surface area contributed by atoms with Crippen molar-refractivity contribution in [1.29, 1.82) is 0 Å². The van der Waals surface area contributed by atoms with Gasteiger partial charge in [-0.1, -0.05) is 12.7 Å². The van der Waals surface area contributed by atoms with Crippen molar-refractivity contribution in [3.8, 4) is 0 Å². The highest BCUT2D eigenvalue weighted by molar-refractivity contribution is 5.78. The molecule has 0 aromatic rings. The molecular weight excluding hydrogens is 292 g/mol. The molecule has 1 fully saturated rings. The van der Waals surface area contributed by atoms with Gasteiger partial charge >= 0.3 is 0 Å². The molecule has 2 unspecified atom stereocenters. The number of rotatable bonds is 8. The van der Waals surface area contributed by atoms with Crippen LogP contribution in [0.25, 0.3) is 0 Å². The number of ether oxygens (including phenoxy) is 1. The van der Waals surface area contributed by atoms with E-state index in [0.29, 0.717) is 19.3 Å². The van der Waals surface area contributed by atoms with Crippen LogP contribution < -0.4 is 5.32 Å². The number of nitrogens with zero attached hydrogens (tertiary/aromatic N) is 1. The molecule has 2 atom stereocenters. The number of allylic oxidation sites excluding steroid dienone is 3. The van der Waals surface area contributed by atoms with Crippen molar-refractivity contribution in [2.45, 2.75) is 52.2 Å². The van der Waals surface area contributed by atoms with Crippen molar-refractivity contribution >= 4 is 12.2 Å². The number of amides is 1. The maximum Gasteiger partial charge on any atom is 0.224 e. The van der Waals surface area contributed by atoms with Gasteiger partial charge in [-0.05, 0) is 39.3 Å². The third-order valence-electron chi connectivity index (χ3n) is 3.60. The summed E-state index contributed by atoms with van der Waals surface area (Å²) in [7, 11) is 0. The Kier molecular flexibility index (Phi) is 8.33. The van der Waals surface area contributed by atoms with E-state index in [4.69, 9.17) is 4.74 Å². The summed E-state index contributed by atoms with van der Waals surface area (Å²) in [4.78, 5) is 24.2. The van der Waals surface area contributed by atoms with Crippen LogP contribution in [0.1, 0.15) is 40.0 Å². The van der Waals surface area contributed by atoms with Crippen molar-refractivity contribution < 1.29 is 14.3 Å². The van der Waals surface area contributed by atoms with Crippen LogP contribution >= 0.6 is 0 Å². The minimum absolute atomic E-state index is 0.0798. The Hall–Kier alpha value is -1.88. The van der Waals surface area contributed by atoms with E-state index in [1.165, 1.54) is 0 Å². The van der Waals surface area contributed by atoms with Gasteiger partial charge in [-0.15, -0.1) is 0 Å². The molecule has 0 aliphatic carbocycles. The van der Waals surface area contributed by atoms with Gasteiger partial charge in [-0.3, -0.25) is 4.79 Å². The van der Waals surface area contributed by atoms with Crippen LogP contribution in [0.15, 0.2) is 36.2 Å². The monoisotopic (exact) mass is 320 g/mol. The normalized spacial score (nSPS) is 22.2. The summed E-state index contributed by atoms with van der Waals surface area (Å²) in [5.41, 5.74) is 1.64. The molecule has 0 spiro atoms. The Morgan fingerprint density at radius 3 is 2.52 bits per heavy atom. The minimum atomic E-state index is -0.0798. The summed E-state index contributed by atoms with van der Waals surface area (Å²) < 4.78 is 5.71. The Labute approximate surface area is 139 Å². The molecule has 1 rings (SSSR count). The predicted octanol–water partition coefficient (Wildman–Crippen LogP) is 2.55. The number of unbranched alkanes of at least 4 members (excludes halogenated alkanes) is 1. The highest BCUT2D eigenvalue weighted by Gasteiger charge is 2.21. The molecule has 1 amide bonds. The molecule has 0 radical (unpaired) electrons. The largest absolute Gasteiger partial charge is 0.372 e. The van der Waals surface area contributed by atoms with Crippen LogP contribution in [-0.2, 0) is 14.3 Å². The van der Waals surface area contributed by atoms with Gasteiger partial charge in [0.15, 0.2) is 0 Å². The molecule has 0 aromatic carbocycles. The molecule has 1 heterocycles. The van der Waals surface area contributed by atoms with E-state index >= 15 is 0 Å². The maximum atomic E-state index is 11.8. The van der Waals surface area contributed by atoms with Crippen LogP contribution in [0.5, 0.6) is 0 Å². The summed E-state index contributed by atoms with van der Waals surface area (Å²) in [6.45, 7) is 11.7. The number of nitrogens with one attached hydrogen (secondary N) is 1. The molecule has 5 nitrogen and oxygen atoms in total. The van der Waals surface area contributed by atoms with E-state index in [-0.39, 0.29) is 18.1 Å². The van der Waals surface area contributed by atoms with Crippen LogP contribution in [-0.4, -0.2) is 42.4 Å². The topological polar surface area (TPSA) is 58.6 Å². The minimum Gasteiger partial charge on any atom is -0.372 e. The van der Waals surface area contributed by atoms with E-state index in [2.05, 4.69) is 30.6 Å². The number of morpholine rings is 1. The van der Waals surface area contributed by atoms with Gasteiger partial charge in [0, 0.05) is 37.3 Å². The lowest BCUT2D eigenvalue weighted by molar-refractivity contribution is -0.120. The van der Waals surface area contributed by atoms with Crippen LogP contribution in [0.3, 0.4) is 0 Å². The molecule has 128 valence electrons. The first-order valence-corrected chi connectivity index (χ1v) is 8.13. The highest BCUT2D eigenvalue weighted by atomic mass is 16.5. The lowest BCUT2D eigenvalue weighted by Gasteiger charge is -2.37. The molecule has 5 heteroatoms. The molecule has 1 saturated heterocycles. The Balaban J connectivity index is 2.50. The summed E-state index contributed by atoms with van der Waals surface area (Å²) in [6.07, 6.45) is 8.14. The maximum absolute atomic E-state index is 11.8. The van der Waals surface area contributed by atoms with E-state index in [0.717, 1.165) is 30.8 Å². The quantitative estimate of drug-likeness (QED) is 0.424. The molecular formula is C18H28N2O3. The molecule has 0 saturated carbocycles. The standard InChI is InChI=1S/C18H28N2O3/c1-5-17(19-18(22)8-6-7-11-21)10-9-14(2)20-12-15(3)23-16(4)13-20/h5,9-11,15-16H,2,6-8,12-13H2,1,3-4H3,(H,19,22)/b10-9-,17-5+. The molecule has 1 N–H and O–H groups in total. The second kappa shape index (κ2) is 10.0. The molecule has 1 aliphatic rings. The van der Waals surface area contributed by atoms with Crippen molar-refractivity contribution in [3.63, 3.8) is 0 Å². The van der Waals surface area contributed by atoms with E-state index in [1.54, 1.807) is 0 Å². The van der Waals surface area contributed by atoms with Gasteiger partial charge in [-0.2, -0.15) is 0 Å². The van der Waals surface area contributed by atoms with Gasteiger partial charge in [-0.25, -0.2) is 0 Å². The van der Waals surface area contributed by atoms with E-state index in [9.17, 15) is 9.59 Å². The van der Waals surface area contributed by atoms with Gasteiger partial charge in [0.05, 0.1) is 12.2 Å². The number of aldehydes is 1. The van der Waals surface area contributed by atoms with Crippen molar-refractivity contribution in [3.05, 3.63) is 36.2 Å². The third kappa shape index (κ3) is 7.28. The average molecular weight is 320 g/mol. The first-order valence-electron chi connectivity index (χ1n) is 8.13. The first kappa shape index (κ1) is 19.2. The van der Waals surface area contributed by atoms with Gasteiger partial charge in [0.25, 0.3) is 0 Å². The van der Waals surface area contributed by atoms with E-state index < -0.39 is 0 Å². The second-order valence-electron chi connectivity index (χ2n) is 5.84. The van der Waals surface area contributed by atoms with Crippen molar-refractivity contribution in [1.82, 2.24) is 10.2 Å². The summed E-state index contributed by atoms with van der Waals surface area (Å²) in [5, 5.41) is 2.84. The first-order chi connectivity index (χ1) is 11.0. The lowest BCUT2D eigenvalue weighted by atomic mass is 10.2. The molecule has 23 heavy (non-hydrogen) atoms. The zero-order valence-corrected chi connectivity index (χ0v) is 14.4. The van der Waals surface area contributed by atoms with E-state index in [1.807, 2.05) is 25.2 Å². The van der Waals surface area contributed by atoms with Gasteiger partial charge in [0.2, 0.25) is 5.91 Å². The molecule has 0 aromatic heterocycles. The Bertz CT molecular complexity index is 473.